The van der Waals surface area contributed by atoms with Crippen molar-refractivity contribution in [2.75, 3.05) is 40.5 Å². The van der Waals surface area contributed by atoms with E-state index < -0.39 is 0 Å². The molecule has 2 aromatic carbocycles. The van der Waals surface area contributed by atoms with Crippen molar-refractivity contribution in [3.63, 3.8) is 0 Å². The summed E-state index contributed by atoms with van der Waals surface area (Å²) in [6.07, 6.45) is 0.767. The Labute approximate surface area is 172 Å². The molecule has 1 saturated heterocycles. The molecule has 0 spiro atoms. The van der Waals surface area contributed by atoms with Crippen LogP contribution in [0.25, 0.3) is 0 Å². The minimum atomic E-state index is 0.195. The van der Waals surface area contributed by atoms with Crippen molar-refractivity contribution in [2.45, 2.75) is 25.6 Å². The van der Waals surface area contributed by atoms with Gasteiger partial charge in [-0.25, -0.2) is 0 Å². The molecule has 1 aliphatic heterocycles. The van der Waals surface area contributed by atoms with E-state index in [4.69, 9.17) is 21.1 Å². The number of benzene rings is 2. The zero-order valence-electron chi connectivity index (χ0n) is 16.6. The summed E-state index contributed by atoms with van der Waals surface area (Å²) in [6, 6.07) is 14.6. The van der Waals surface area contributed by atoms with Gasteiger partial charge in [0.05, 0.1) is 14.2 Å². The van der Waals surface area contributed by atoms with Crippen LogP contribution in [0.4, 0.5) is 0 Å². The zero-order chi connectivity index (χ0) is 19.9. The van der Waals surface area contributed by atoms with Gasteiger partial charge in [-0.2, -0.15) is 0 Å². The number of aliphatic hydroxyl groups is 1. The predicted molar refractivity (Wildman–Crippen MR) is 112 cm³/mol. The van der Waals surface area contributed by atoms with Crippen LogP contribution in [0, 0.1) is 0 Å². The Morgan fingerprint density at radius 3 is 2.43 bits per heavy atom. The third kappa shape index (κ3) is 5.17. The van der Waals surface area contributed by atoms with Crippen LogP contribution in [0.3, 0.4) is 0 Å². The molecule has 5 nitrogen and oxygen atoms in total. The smallest absolute Gasteiger partial charge is 0.162 e. The highest BCUT2D eigenvalue weighted by Gasteiger charge is 2.27. The lowest BCUT2D eigenvalue weighted by molar-refractivity contribution is 0.0499. The van der Waals surface area contributed by atoms with Gasteiger partial charge in [-0.3, -0.25) is 9.80 Å². The van der Waals surface area contributed by atoms with E-state index in [1.54, 1.807) is 14.2 Å². The molecule has 2 aromatic rings. The predicted octanol–water partition coefficient (Wildman–Crippen LogP) is 3.43. The fourth-order valence-corrected chi connectivity index (χ4v) is 4.02. The Hall–Kier alpha value is -1.79. The Bertz CT molecular complexity index is 757. The third-order valence-electron chi connectivity index (χ3n) is 5.33. The fraction of sp³-hybridized carbons (Fsp3) is 0.455. The quantitative estimate of drug-likeness (QED) is 0.730. The number of nitrogens with zero attached hydrogens (tertiary/aromatic N) is 2. The number of hydrogen-bond acceptors (Lipinski definition) is 5. The molecule has 1 atom stereocenters. The van der Waals surface area contributed by atoms with Gasteiger partial charge in [-0.15, -0.1) is 0 Å². The summed E-state index contributed by atoms with van der Waals surface area (Å²) in [6.45, 7) is 4.68. The average Bonchev–Trinajstić information content (AvgIpc) is 2.72. The van der Waals surface area contributed by atoms with E-state index in [9.17, 15) is 5.11 Å². The molecule has 28 heavy (non-hydrogen) atoms. The number of rotatable bonds is 8. The van der Waals surface area contributed by atoms with E-state index in [1.165, 1.54) is 5.56 Å². The molecule has 3 rings (SSSR count). The molecule has 152 valence electrons. The summed E-state index contributed by atoms with van der Waals surface area (Å²) >= 11 is 6.48. The number of hydrogen-bond donors (Lipinski definition) is 1. The molecule has 0 bridgehead atoms. The lowest BCUT2D eigenvalue weighted by Gasteiger charge is -2.41. The first-order valence-corrected chi connectivity index (χ1v) is 10.0. The van der Waals surface area contributed by atoms with E-state index in [0.717, 1.165) is 44.7 Å². The van der Waals surface area contributed by atoms with Crippen LogP contribution in [0.2, 0.25) is 5.02 Å². The van der Waals surface area contributed by atoms with Crippen LogP contribution in [0.5, 0.6) is 11.5 Å². The van der Waals surface area contributed by atoms with E-state index in [1.807, 2.05) is 18.2 Å². The van der Waals surface area contributed by atoms with Crippen molar-refractivity contribution >= 4 is 11.6 Å². The van der Waals surface area contributed by atoms with Crippen LogP contribution < -0.4 is 9.47 Å². The van der Waals surface area contributed by atoms with Crippen molar-refractivity contribution in [2.24, 2.45) is 0 Å². The summed E-state index contributed by atoms with van der Waals surface area (Å²) in [5.41, 5.74) is 2.33. The van der Waals surface area contributed by atoms with Gasteiger partial charge in [0.15, 0.2) is 11.5 Å². The highest BCUT2D eigenvalue weighted by molar-refractivity contribution is 6.31. The van der Waals surface area contributed by atoms with E-state index in [2.05, 4.69) is 34.1 Å². The molecule has 0 aliphatic carbocycles. The highest BCUT2D eigenvalue weighted by Crippen LogP contribution is 2.34. The van der Waals surface area contributed by atoms with Gasteiger partial charge in [-0.05, 0) is 23.6 Å². The number of ether oxygens (including phenoxy) is 2. The molecule has 1 N–H and O–H groups in total. The summed E-state index contributed by atoms with van der Waals surface area (Å²) in [7, 11) is 3.24. The van der Waals surface area contributed by atoms with Gasteiger partial charge in [0.1, 0.15) is 0 Å². The first-order valence-electron chi connectivity index (χ1n) is 9.66. The molecule has 1 fully saturated rings. The Balaban J connectivity index is 1.68. The van der Waals surface area contributed by atoms with Crippen molar-refractivity contribution in [3.8, 4) is 11.5 Å². The molecule has 0 unspecified atom stereocenters. The molecule has 0 saturated carbocycles. The second-order valence-electron chi connectivity index (χ2n) is 7.16. The highest BCUT2D eigenvalue weighted by atomic mass is 35.5. The molecule has 6 heteroatoms. The summed E-state index contributed by atoms with van der Waals surface area (Å²) < 4.78 is 10.7. The normalized spacial score (nSPS) is 18.2. The molecule has 1 heterocycles. The van der Waals surface area contributed by atoms with Crippen LogP contribution in [0.1, 0.15) is 17.5 Å². The summed E-state index contributed by atoms with van der Waals surface area (Å²) in [5, 5.41) is 10.2. The van der Waals surface area contributed by atoms with Gasteiger partial charge in [0, 0.05) is 56.5 Å². The van der Waals surface area contributed by atoms with E-state index >= 15 is 0 Å². The van der Waals surface area contributed by atoms with Crippen LogP contribution in [-0.4, -0.2) is 61.4 Å². The molecule has 0 aromatic heterocycles. The third-order valence-corrected chi connectivity index (χ3v) is 5.68. The minimum Gasteiger partial charge on any atom is -0.493 e. The van der Waals surface area contributed by atoms with Crippen molar-refractivity contribution in [3.05, 3.63) is 58.6 Å². The molecular formula is C22H29ClN2O3. The monoisotopic (exact) mass is 404 g/mol. The van der Waals surface area contributed by atoms with Crippen molar-refractivity contribution < 1.29 is 14.6 Å². The molecule has 1 aliphatic rings. The van der Waals surface area contributed by atoms with E-state index in [0.29, 0.717) is 22.6 Å². The number of halogens is 1. The van der Waals surface area contributed by atoms with Crippen molar-refractivity contribution in [1.82, 2.24) is 9.80 Å². The standard InChI is InChI=1S/C22H29ClN2O3/c1-27-21-12-18(20(23)13-22(21)28-2)15-24-9-10-25(19(16-24)8-11-26)14-17-6-4-3-5-7-17/h3-7,12-13,19,26H,8-11,14-16H2,1-2H3/t19-/m0/s1. The Kier molecular flexibility index (Phi) is 7.57. The second-order valence-corrected chi connectivity index (χ2v) is 7.56. The maximum Gasteiger partial charge on any atom is 0.162 e. The van der Waals surface area contributed by atoms with Gasteiger partial charge in [-0.1, -0.05) is 41.9 Å². The van der Waals surface area contributed by atoms with E-state index in [-0.39, 0.29) is 6.61 Å². The largest absolute Gasteiger partial charge is 0.493 e. The lowest BCUT2D eigenvalue weighted by atomic mass is 10.1. The maximum absolute atomic E-state index is 9.55. The Morgan fingerprint density at radius 1 is 1.04 bits per heavy atom. The van der Waals surface area contributed by atoms with Gasteiger partial charge in [0.25, 0.3) is 0 Å². The fourth-order valence-electron chi connectivity index (χ4n) is 3.81. The number of methoxy groups -OCH3 is 2. The maximum atomic E-state index is 9.55. The summed E-state index contributed by atoms with van der Waals surface area (Å²) in [4.78, 5) is 4.87. The zero-order valence-corrected chi connectivity index (χ0v) is 17.4. The SMILES string of the molecule is COc1cc(Cl)c(CN2CCN(Cc3ccccc3)[C@@H](CCO)C2)cc1OC. The topological polar surface area (TPSA) is 45.2 Å². The van der Waals surface area contributed by atoms with Gasteiger partial charge >= 0.3 is 0 Å². The van der Waals surface area contributed by atoms with Crippen LogP contribution in [0.15, 0.2) is 42.5 Å². The Morgan fingerprint density at radius 2 is 1.75 bits per heavy atom. The van der Waals surface area contributed by atoms with Crippen LogP contribution >= 0.6 is 11.6 Å². The van der Waals surface area contributed by atoms with Gasteiger partial charge in [0.2, 0.25) is 0 Å². The first-order chi connectivity index (χ1) is 13.6. The number of piperazine rings is 1. The minimum absolute atomic E-state index is 0.195. The lowest BCUT2D eigenvalue weighted by Crippen LogP contribution is -2.52. The van der Waals surface area contributed by atoms with Crippen molar-refractivity contribution in [1.29, 1.82) is 0 Å². The molecule has 0 radical (unpaired) electrons. The second kappa shape index (κ2) is 10.1. The van der Waals surface area contributed by atoms with Crippen LogP contribution in [-0.2, 0) is 13.1 Å². The molecule has 0 amide bonds. The average molecular weight is 405 g/mol. The molecular weight excluding hydrogens is 376 g/mol. The first kappa shape index (κ1) is 20.9. The number of aliphatic hydroxyl groups excluding tert-OH is 1. The van der Waals surface area contributed by atoms with Gasteiger partial charge < -0.3 is 14.6 Å². The summed E-state index contributed by atoms with van der Waals surface area (Å²) in [5.74, 6) is 1.33.